The van der Waals surface area contributed by atoms with Crippen molar-refractivity contribution in [3.63, 3.8) is 0 Å². The van der Waals surface area contributed by atoms with E-state index in [9.17, 15) is 4.79 Å². The van der Waals surface area contributed by atoms with Gasteiger partial charge in [0.15, 0.2) is 12.6 Å². The maximum absolute atomic E-state index is 12.8. The van der Waals surface area contributed by atoms with Gasteiger partial charge in [-0.3, -0.25) is 4.79 Å². The van der Waals surface area contributed by atoms with Crippen LogP contribution in [0.25, 0.3) is 0 Å². The lowest BCUT2D eigenvalue weighted by Crippen LogP contribution is -2.20. The van der Waals surface area contributed by atoms with Gasteiger partial charge >= 0.3 is 0 Å². The molecule has 148 valence electrons. The maximum atomic E-state index is 12.8. The standard InChI is InChI=1S/C23H26O5/c1-15(2)5-6-17-11-19-20(24)12-22(28-23(19)13-21(17)26-4)16-7-9-18(10-8-16)27-14-25-3/h5,7-11,13,22H,6,12,14H2,1-4H3. The first-order valence-corrected chi connectivity index (χ1v) is 9.27. The zero-order valence-corrected chi connectivity index (χ0v) is 16.8. The Hall–Kier alpha value is -2.79. The molecule has 0 saturated carbocycles. The summed E-state index contributed by atoms with van der Waals surface area (Å²) in [5.74, 6) is 2.08. The van der Waals surface area contributed by atoms with Crippen LogP contribution in [-0.2, 0) is 11.2 Å². The van der Waals surface area contributed by atoms with Crippen LogP contribution in [0.4, 0.5) is 0 Å². The Morgan fingerprint density at radius 2 is 1.93 bits per heavy atom. The van der Waals surface area contributed by atoms with Crippen molar-refractivity contribution in [2.24, 2.45) is 0 Å². The van der Waals surface area contributed by atoms with E-state index in [0.29, 0.717) is 23.5 Å². The lowest BCUT2D eigenvalue weighted by atomic mass is 9.94. The molecule has 0 N–H and O–H groups in total. The molecule has 5 heteroatoms. The molecule has 5 nitrogen and oxygen atoms in total. The molecule has 0 saturated heterocycles. The summed E-state index contributed by atoms with van der Waals surface area (Å²) in [7, 11) is 3.21. The van der Waals surface area contributed by atoms with Crippen molar-refractivity contribution in [3.8, 4) is 17.2 Å². The van der Waals surface area contributed by atoms with Gasteiger partial charge in [0.05, 0.1) is 19.1 Å². The second-order valence-corrected chi connectivity index (χ2v) is 7.00. The van der Waals surface area contributed by atoms with Gasteiger partial charge in [0.25, 0.3) is 0 Å². The average molecular weight is 382 g/mol. The van der Waals surface area contributed by atoms with Crippen LogP contribution in [-0.4, -0.2) is 26.8 Å². The third kappa shape index (κ3) is 4.54. The molecule has 1 atom stereocenters. The normalized spacial score (nSPS) is 15.4. The Kier molecular flexibility index (Phi) is 6.37. The summed E-state index contributed by atoms with van der Waals surface area (Å²) in [6, 6.07) is 11.2. The molecule has 0 aromatic heterocycles. The molecular formula is C23H26O5. The number of hydrogen-bond acceptors (Lipinski definition) is 5. The molecular weight excluding hydrogens is 356 g/mol. The fourth-order valence-corrected chi connectivity index (χ4v) is 3.15. The molecule has 1 heterocycles. The van der Waals surface area contributed by atoms with Crippen molar-refractivity contribution in [2.75, 3.05) is 21.0 Å². The van der Waals surface area contributed by atoms with Crippen molar-refractivity contribution in [1.29, 1.82) is 0 Å². The summed E-state index contributed by atoms with van der Waals surface area (Å²) in [6.07, 6.45) is 2.82. The van der Waals surface area contributed by atoms with Crippen molar-refractivity contribution < 1.29 is 23.7 Å². The van der Waals surface area contributed by atoms with Crippen molar-refractivity contribution in [3.05, 3.63) is 64.7 Å². The third-order valence-electron chi connectivity index (χ3n) is 4.65. The van der Waals surface area contributed by atoms with Crippen molar-refractivity contribution >= 4 is 5.78 Å². The first-order valence-electron chi connectivity index (χ1n) is 9.27. The van der Waals surface area contributed by atoms with E-state index >= 15 is 0 Å². The van der Waals surface area contributed by atoms with E-state index in [1.165, 1.54) is 5.57 Å². The van der Waals surface area contributed by atoms with Crippen LogP contribution in [0.3, 0.4) is 0 Å². The molecule has 2 aromatic carbocycles. The number of carbonyl (C=O) groups excluding carboxylic acids is 1. The van der Waals surface area contributed by atoms with Crippen molar-refractivity contribution in [2.45, 2.75) is 32.8 Å². The first-order chi connectivity index (χ1) is 13.5. The fourth-order valence-electron chi connectivity index (χ4n) is 3.15. The largest absolute Gasteiger partial charge is 0.496 e. The van der Waals surface area contributed by atoms with Crippen LogP contribution in [0.15, 0.2) is 48.0 Å². The molecule has 2 aromatic rings. The van der Waals surface area contributed by atoms with E-state index in [-0.39, 0.29) is 18.7 Å². The zero-order valence-electron chi connectivity index (χ0n) is 16.8. The van der Waals surface area contributed by atoms with Crippen LogP contribution in [0, 0.1) is 0 Å². The van der Waals surface area contributed by atoms with E-state index in [0.717, 1.165) is 23.3 Å². The smallest absolute Gasteiger partial charge is 0.188 e. The highest BCUT2D eigenvalue weighted by molar-refractivity contribution is 6.00. The van der Waals surface area contributed by atoms with Crippen LogP contribution in [0.2, 0.25) is 0 Å². The van der Waals surface area contributed by atoms with Gasteiger partial charge < -0.3 is 18.9 Å². The quantitative estimate of drug-likeness (QED) is 0.504. The highest BCUT2D eigenvalue weighted by Gasteiger charge is 2.29. The van der Waals surface area contributed by atoms with E-state index in [4.69, 9.17) is 18.9 Å². The SMILES string of the molecule is COCOc1ccc(C2CC(=O)c3cc(CC=C(C)C)c(OC)cc3O2)cc1. The predicted octanol–water partition coefficient (Wildman–Crippen LogP) is 4.89. The molecule has 1 unspecified atom stereocenters. The number of allylic oxidation sites excluding steroid dienone is 2. The highest BCUT2D eigenvalue weighted by atomic mass is 16.7. The lowest BCUT2D eigenvalue weighted by Gasteiger charge is -2.27. The van der Waals surface area contributed by atoms with E-state index in [1.54, 1.807) is 14.2 Å². The second-order valence-electron chi connectivity index (χ2n) is 7.00. The summed E-state index contributed by atoms with van der Waals surface area (Å²) in [5.41, 5.74) is 3.75. The number of hydrogen-bond donors (Lipinski definition) is 0. The first kappa shape index (κ1) is 20.0. The van der Waals surface area contributed by atoms with E-state index in [1.807, 2.05) is 36.4 Å². The number of rotatable bonds is 7. The highest BCUT2D eigenvalue weighted by Crippen LogP contribution is 2.39. The Balaban J connectivity index is 1.84. The van der Waals surface area contributed by atoms with Gasteiger partial charge in [-0.2, -0.15) is 0 Å². The summed E-state index contributed by atoms with van der Waals surface area (Å²) in [6.45, 7) is 4.30. The fraction of sp³-hybridized carbons (Fsp3) is 0.348. The average Bonchev–Trinajstić information content (AvgIpc) is 2.70. The van der Waals surface area contributed by atoms with Gasteiger partial charge in [-0.15, -0.1) is 0 Å². The topological polar surface area (TPSA) is 54.0 Å². The number of Topliss-reactive ketones (excluding diaryl/α,β-unsaturated/α-hetero) is 1. The molecule has 0 aliphatic carbocycles. The van der Waals surface area contributed by atoms with Crippen LogP contribution in [0.1, 0.15) is 47.9 Å². The van der Waals surface area contributed by atoms with Gasteiger partial charge in [0.1, 0.15) is 23.4 Å². The molecule has 0 radical (unpaired) electrons. The molecule has 0 fully saturated rings. The Morgan fingerprint density at radius 3 is 2.57 bits per heavy atom. The van der Waals surface area contributed by atoms with Crippen LogP contribution < -0.4 is 14.2 Å². The monoisotopic (exact) mass is 382 g/mol. The summed E-state index contributed by atoms with van der Waals surface area (Å²) < 4.78 is 22.0. The second kappa shape index (κ2) is 8.93. The molecule has 28 heavy (non-hydrogen) atoms. The number of ether oxygens (including phenoxy) is 4. The number of ketones is 1. The number of benzene rings is 2. The number of methoxy groups -OCH3 is 2. The third-order valence-corrected chi connectivity index (χ3v) is 4.65. The maximum Gasteiger partial charge on any atom is 0.188 e. The van der Waals surface area contributed by atoms with E-state index < -0.39 is 0 Å². The molecule has 0 spiro atoms. The lowest BCUT2D eigenvalue weighted by molar-refractivity contribution is 0.0511. The van der Waals surface area contributed by atoms with Crippen LogP contribution >= 0.6 is 0 Å². The summed E-state index contributed by atoms with van der Waals surface area (Å²) >= 11 is 0. The molecule has 1 aliphatic heterocycles. The molecule has 0 amide bonds. The van der Waals surface area contributed by atoms with E-state index in [2.05, 4.69) is 19.9 Å². The minimum atomic E-state index is -0.329. The minimum Gasteiger partial charge on any atom is -0.496 e. The minimum absolute atomic E-state index is 0.0760. The van der Waals surface area contributed by atoms with Gasteiger partial charge in [0, 0.05) is 13.2 Å². The Labute approximate surface area is 165 Å². The predicted molar refractivity (Wildman–Crippen MR) is 107 cm³/mol. The molecule has 1 aliphatic rings. The Bertz CT molecular complexity index is 863. The summed E-state index contributed by atoms with van der Waals surface area (Å²) in [4.78, 5) is 12.8. The van der Waals surface area contributed by atoms with Crippen molar-refractivity contribution in [1.82, 2.24) is 0 Å². The Morgan fingerprint density at radius 1 is 1.18 bits per heavy atom. The van der Waals surface area contributed by atoms with Gasteiger partial charge in [0.2, 0.25) is 0 Å². The van der Waals surface area contributed by atoms with Gasteiger partial charge in [-0.25, -0.2) is 0 Å². The molecule has 0 bridgehead atoms. The van der Waals surface area contributed by atoms with Gasteiger partial charge in [-0.1, -0.05) is 23.8 Å². The summed E-state index contributed by atoms with van der Waals surface area (Å²) in [5, 5.41) is 0. The number of fused-ring (bicyclic) bond motifs is 1. The van der Waals surface area contributed by atoms with Crippen LogP contribution in [0.5, 0.6) is 17.2 Å². The van der Waals surface area contributed by atoms with Gasteiger partial charge in [-0.05, 0) is 49.6 Å². The molecule has 3 rings (SSSR count). The zero-order chi connectivity index (χ0) is 20.1. The number of carbonyl (C=O) groups is 1.